The molecule has 22 heavy (non-hydrogen) atoms. The van der Waals surface area contributed by atoms with E-state index in [1.165, 1.54) is 0 Å². The summed E-state index contributed by atoms with van der Waals surface area (Å²) in [5.41, 5.74) is 0.824. The topological polar surface area (TPSA) is 78.8 Å². The number of rotatable bonds is 5. The number of β-amino-alcohol motifs (C(OH)–C–C–N with tert-alkyl or cyclic N) is 1. The van der Waals surface area contributed by atoms with Gasteiger partial charge in [-0.05, 0) is 19.9 Å². The van der Waals surface area contributed by atoms with Crippen LogP contribution in [0.2, 0.25) is 0 Å². The quantitative estimate of drug-likeness (QED) is 0.889. The smallest absolute Gasteiger partial charge is 0.241 e. The molecule has 1 aliphatic rings. The van der Waals surface area contributed by atoms with Crippen molar-refractivity contribution in [3.63, 3.8) is 0 Å². The fourth-order valence-electron chi connectivity index (χ4n) is 2.84. The molecule has 0 unspecified atom stereocenters. The summed E-state index contributed by atoms with van der Waals surface area (Å²) >= 11 is 0. The number of piperazine rings is 1. The fraction of sp³-hybridized carbons (Fsp3) is 0.600. The van der Waals surface area contributed by atoms with Crippen LogP contribution < -0.4 is 0 Å². The van der Waals surface area contributed by atoms with Crippen molar-refractivity contribution in [3.05, 3.63) is 24.5 Å². The molecule has 0 saturated carbocycles. The van der Waals surface area contributed by atoms with Crippen LogP contribution in [-0.2, 0) is 6.54 Å². The highest BCUT2D eigenvalue weighted by atomic mass is 16.5. The summed E-state index contributed by atoms with van der Waals surface area (Å²) in [5, 5.41) is 13.5. The van der Waals surface area contributed by atoms with E-state index in [0.717, 1.165) is 31.7 Å². The first-order valence-corrected chi connectivity index (χ1v) is 7.61. The summed E-state index contributed by atoms with van der Waals surface area (Å²) in [6.45, 7) is 8.18. The molecule has 3 heterocycles. The molecule has 1 fully saturated rings. The number of nitrogens with zero attached hydrogens (tertiary/aromatic N) is 4. The molecule has 0 aliphatic carbocycles. The van der Waals surface area contributed by atoms with E-state index in [4.69, 9.17) is 8.94 Å². The maximum atomic E-state index is 9.52. The van der Waals surface area contributed by atoms with Gasteiger partial charge in [0.1, 0.15) is 6.26 Å². The van der Waals surface area contributed by atoms with Crippen LogP contribution in [0.15, 0.2) is 27.5 Å². The van der Waals surface area contributed by atoms with E-state index in [2.05, 4.69) is 26.9 Å². The molecule has 1 N–H and O–H groups in total. The molecule has 2 aromatic heterocycles. The van der Waals surface area contributed by atoms with E-state index in [0.29, 0.717) is 24.3 Å². The van der Waals surface area contributed by atoms with Crippen LogP contribution in [0.4, 0.5) is 0 Å². The Bertz CT molecular complexity index is 581. The van der Waals surface area contributed by atoms with Crippen molar-refractivity contribution in [1.82, 2.24) is 19.9 Å². The monoisotopic (exact) mass is 306 g/mol. The van der Waals surface area contributed by atoms with Crippen molar-refractivity contribution in [2.45, 2.75) is 32.5 Å². The molecular formula is C15H22N4O3. The Balaban J connectivity index is 1.56. The second-order valence-electron chi connectivity index (χ2n) is 5.95. The Morgan fingerprint density at radius 1 is 1.45 bits per heavy atom. The minimum absolute atomic E-state index is 0.289. The van der Waals surface area contributed by atoms with Gasteiger partial charge < -0.3 is 14.0 Å². The number of aliphatic hydroxyl groups is 1. The molecule has 120 valence electrons. The van der Waals surface area contributed by atoms with Crippen LogP contribution in [0, 0.1) is 0 Å². The summed E-state index contributed by atoms with van der Waals surface area (Å²) in [5.74, 6) is 1.18. The van der Waals surface area contributed by atoms with Crippen LogP contribution in [-0.4, -0.2) is 63.4 Å². The van der Waals surface area contributed by atoms with E-state index in [9.17, 15) is 5.11 Å². The first-order valence-electron chi connectivity index (χ1n) is 7.61. The molecule has 0 aromatic carbocycles. The summed E-state index contributed by atoms with van der Waals surface area (Å²) in [6, 6.07) is 2.21. The Morgan fingerprint density at radius 3 is 3.00 bits per heavy atom. The largest absolute Gasteiger partial charge is 0.472 e. The van der Waals surface area contributed by atoms with Crippen LogP contribution in [0.3, 0.4) is 0 Å². The highest BCUT2D eigenvalue weighted by Crippen LogP contribution is 2.17. The maximum absolute atomic E-state index is 9.52. The average molecular weight is 306 g/mol. The van der Waals surface area contributed by atoms with Gasteiger partial charge in [-0.3, -0.25) is 9.80 Å². The van der Waals surface area contributed by atoms with Crippen molar-refractivity contribution in [3.8, 4) is 11.4 Å². The highest BCUT2D eigenvalue weighted by Gasteiger charge is 2.25. The molecule has 0 bridgehead atoms. The van der Waals surface area contributed by atoms with Gasteiger partial charge in [-0.25, -0.2) is 0 Å². The van der Waals surface area contributed by atoms with Crippen molar-refractivity contribution < 1.29 is 14.0 Å². The lowest BCUT2D eigenvalue weighted by Crippen LogP contribution is -2.53. The first kappa shape index (κ1) is 15.2. The summed E-state index contributed by atoms with van der Waals surface area (Å²) < 4.78 is 10.3. The molecule has 3 rings (SSSR count). The zero-order chi connectivity index (χ0) is 15.5. The first-order chi connectivity index (χ1) is 10.6. The third kappa shape index (κ3) is 3.55. The van der Waals surface area contributed by atoms with Gasteiger partial charge in [-0.1, -0.05) is 5.16 Å². The lowest BCUT2D eigenvalue weighted by atomic mass is 10.1. The Labute approximate surface area is 129 Å². The normalized spacial score (nSPS) is 22.0. The third-order valence-electron chi connectivity index (χ3n) is 3.95. The van der Waals surface area contributed by atoms with Gasteiger partial charge >= 0.3 is 0 Å². The van der Waals surface area contributed by atoms with Gasteiger partial charge in [-0.2, -0.15) is 4.98 Å². The Morgan fingerprint density at radius 2 is 2.32 bits per heavy atom. The van der Waals surface area contributed by atoms with Gasteiger partial charge in [0.05, 0.1) is 24.5 Å². The molecule has 7 heteroatoms. The van der Waals surface area contributed by atoms with Crippen molar-refractivity contribution in [2.75, 3.05) is 26.2 Å². The zero-order valence-corrected chi connectivity index (χ0v) is 13.0. The number of aromatic nitrogens is 2. The number of hydrogen-bond donors (Lipinski definition) is 1. The van der Waals surface area contributed by atoms with Gasteiger partial charge in [-0.15, -0.1) is 0 Å². The number of aliphatic hydroxyl groups excluding tert-OH is 1. The van der Waals surface area contributed by atoms with E-state index in [-0.39, 0.29) is 6.10 Å². The standard InChI is InChI=1S/C15H22N4O3/c1-11-7-18(4-5-19(11)8-12(2)20)9-14-16-15(17-22-14)13-3-6-21-10-13/h3,6,10-12,20H,4-5,7-9H2,1-2H3/t11-,12-/m0/s1. The van der Waals surface area contributed by atoms with Crippen LogP contribution in [0.25, 0.3) is 11.4 Å². The average Bonchev–Trinajstić information content (AvgIpc) is 3.12. The predicted molar refractivity (Wildman–Crippen MR) is 80.0 cm³/mol. The predicted octanol–water partition coefficient (Wildman–Crippen LogP) is 1.22. The highest BCUT2D eigenvalue weighted by molar-refractivity contribution is 5.51. The molecule has 0 spiro atoms. The lowest BCUT2D eigenvalue weighted by Gasteiger charge is -2.39. The van der Waals surface area contributed by atoms with Gasteiger partial charge in [0.25, 0.3) is 0 Å². The molecule has 2 aromatic rings. The molecule has 7 nitrogen and oxygen atoms in total. The molecule has 0 radical (unpaired) electrons. The number of furan rings is 1. The molecule has 2 atom stereocenters. The molecule has 1 saturated heterocycles. The van der Waals surface area contributed by atoms with Gasteiger partial charge in [0.2, 0.25) is 11.7 Å². The van der Waals surface area contributed by atoms with Crippen LogP contribution in [0.1, 0.15) is 19.7 Å². The van der Waals surface area contributed by atoms with Crippen molar-refractivity contribution >= 4 is 0 Å². The number of hydrogen-bond acceptors (Lipinski definition) is 7. The Kier molecular flexibility index (Phi) is 4.56. The van der Waals surface area contributed by atoms with E-state index >= 15 is 0 Å². The Hall–Kier alpha value is -1.70. The third-order valence-corrected chi connectivity index (χ3v) is 3.95. The minimum Gasteiger partial charge on any atom is -0.472 e. The summed E-state index contributed by atoms with van der Waals surface area (Å²) in [4.78, 5) is 9.02. The molecule has 1 aliphatic heterocycles. The van der Waals surface area contributed by atoms with Crippen LogP contribution in [0.5, 0.6) is 0 Å². The summed E-state index contributed by atoms with van der Waals surface area (Å²) in [6.07, 6.45) is 2.91. The summed E-state index contributed by atoms with van der Waals surface area (Å²) in [7, 11) is 0. The maximum Gasteiger partial charge on any atom is 0.241 e. The van der Waals surface area contributed by atoms with Crippen molar-refractivity contribution in [2.24, 2.45) is 0 Å². The van der Waals surface area contributed by atoms with Crippen LogP contribution >= 0.6 is 0 Å². The van der Waals surface area contributed by atoms with E-state index in [1.807, 2.05) is 13.0 Å². The lowest BCUT2D eigenvalue weighted by molar-refractivity contribution is 0.0385. The van der Waals surface area contributed by atoms with E-state index in [1.54, 1.807) is 12.5 Å². The molecule has 0 amide bonds. The van der Waals surface area contributed by atoms with Gasteiger partial charge in [0, 0.05) is 32.2 Å². The van der Waals surface area contributed by atoms with Crippen molar-refractivity contribution in [1.29, 1.82) is 0 Å². The molecular weight excluding hydrogens is 284 g/mol. The second kappa shape index (κ2) is 6.60. The fourth-order valence-corrected chi connectivity index (χ4v) is 2.84. The van der Waals surface area contributed by atoms with Gasteiger partial charge in [0.15, 0.2) is 0 Å². The SMILES string of the molecule is C[C@H](O)CN1CCN(Cc2nc(-c3ccoc3)no2)C[C@@H]1C. The van der Waals surface area contributed by atoms with E-state index < -0.39 is 0 Å². The minimum atomic E-state index is -0.289. The zero-order valence-electron chi connectivity index (χ0n) is 13.0. The second-order valence-corrected chi connectivity index (χ2v) is 5.95.